The van der Waals surface area contributed by atoms with Crippen LogP contribution in [0.4, 0.5) is 5.69 Å². The molecular formula is C19H17IN2O2S. The van der Waals surface area contributed by atoms with Gasteiger partial charge < -0.3 is 4.74 Å². The zero-order valence-corrected chi connectivity index (χ0v) is 16.9. The number of halogens is 1. The molecule has 25 heavy (non-hydrogen) atoms. The van der Waals surface area contributed by atoms with Crippen molar-refractivity contribution in [3.63, 3.8) is 0 Å². The molecule has 6 heteroatoms. The number of carbonyl (C=O) groups excluding carboxylic acids is 1. The number of amides is 1. The van der Waals surface area contributed by atoms with E-state index in [9.17, 15) is 4.79 Å². The molecule has 4 nitrogen and oxygen atoms in total. The minimum atomic E-state index is -0.129. The highest BCUT2D eigenvalue weighted by Crippen LogP contribution is 2.31. The summed E-state index contributed by atoms with van der Waals surface area (Å²) in [4.78, 5) is 16.0. The highest BCUT2D eigenvalue weighted by Gasteiger charge is 2.36. The summed E-state index contributed by atoms with van der Waals surface area (Å²) in [6.07, 6.45) is 1.85. The van der Waals surface area contributed by atoms with Crippen molar-refractivity contribution < 1.29 is 9.53 Å². The topological polar surface area (TPSA) is 32.8 Å². The molecule has 0 aliphatic carbocycles. The van der Waals surface area contributed by atoms with Crippen LogP contribution in [0.15, 0.2) is 54.2 Å². The molecule has 1 fully saturated rings. The van der Waals surface area contributed by atoms with E-state index in [0.29, 0.717) is 17.4 Å². The molecule has 0 atom stereocenters. The molecule has 3 rings (SSSR count). The molecule has 0 saturated carbocycles. The summed E-state index contributed by atoms with van der Waals surface area (Å²) in [6, 6.07) is 15.6. The van der Waals surface area contributed by atoms with E-state index in [1.165, 1.54) is 4.90 Å². The first-order valence-electron chi connectivity index (χ1n) is 7.84. The Morgan fingerprint density at radius 2 is 1.92 bits per heavy atom. The van der Waals surface area contributed by atoms with Gasteiger partial charge in [-0.3, -0.25) is 14.6 Å². The van der Waals surface area contributed by atoms with Crippen LogP contribution in [-0.2, 0) is 4.79 Å². The number of likely N-dealkylation sites (N-methyl/N-ethyl adjacent to an activating group) is 1. The maximum atomic E-state index is 12.7. The Morgan fingerprint density at radius 1 is 1.20 bits per heavy atom. The number of carbonyl (C=O) groups is 1. The molecule has 0 N–H and O–H groups in total. The number of benzene rings is 2. The van der Waals surface area contributed by atoms with Crippen LogP contribution in [0.2, 0.25) is 0 Å². The van der Waals surface area contributed by atoms with E-state index in [0.717, 1.165) is 20.6 Å². The van der Waals surface area contributed by atoms with Crippen LogP contribution in [0.3, 0.4) is 0 Å². The Labute approximate surface area is 166 Å². The van der Waals surface area contributed by atoms with Crippen molar-refractivity contribution >= 4 is 57.6 Å². The lowest BCUT2D eigenvalue weighted by molar-refractivity contribution is -0.121. The summed E-state index contributed by atoms with van der Waals surface area (Å²) >= 11 is 7.73. The second-order valence-electron chi connectivity index (χ2n) is 5.46. The second kappa shape index (κ2) is 7.53. The van der Waals surface area contributed by atoms with Gasteiger partial charge in [0, 0.05) is 21.9 Å². The van der Waals surface area contributed by atoms with Crippen molar-refractivity contribution in [3.05, 3.63) is 63.4 Å². The molecule has 1 aliphatic rings. The Bertz CT molecular complexity index is 852. The van der Waals surface area contributed by atoms with Crippen LogP contribution in [0.1, 0.15) is 12.5 Å². The van der Waals surface area contributed by atoms with Gasteiger partial charge in [0.25, 0.3) is 5.91 Å². The first kappa shape index (κ1) is 17.9. The number of ether oxygens (including phenoxy) is 1. The van der Waals surface area contributed by atoms with Crippen molar-refractivity contribution in [1.82, 2.24) is 4.90 Å². The van der Waals surface area contributed by atoms with Crippen molar-refractivity contribution in [2.24, 2.45) is 0 Å². The minimum absolute atomic E-state index is 0.129. The van der Waals surface area contributed by atoms with Crippen LogP contribution in [0.25, 0.3) is 6.08 Å². The quantitative estimate of drug-likeness (QED) is 0.384. The van der Waals surface area contributed by atoms with Gasteiger partial charge >= 0.3 is 0 Å². The first-order valence-corrected chi connectivity index (χ1v) is 9.33. The number of hydrogen-bond acceptors (Lipinski definition) is 3. The van der Waals surface area contributed by atoms with Gasteiger partial charge in [-0.05, 0) is 78.1 Å². The molecule has 0 bridgehead atoms. The molecule has 1 saturated heterocycles. The van der Waals surface area contributed by atoms with Gasteiger partial charge in [-0.1, -0.05) is 18.2 Å². The highest BCUT2D eigenvalue weighted by atomic mass is 127. The summed E-state index contributed by atoms with van der Waals surface area (Å²) < 4.78 is 6.78. The monoisotopic (exact) mass is 464 g/mol. The maximum absolute atomic E-state index is 12.7. The molecule has 2 aromatic rings. The fourth-order valence-electron chi connectivity index (χ4n) is 2.63. The van der Waals surface area contributed by atoms with E-state index < -0.39 is 0 Å². The molecule has 0 unspecified atom stereocenters. The number of nitrogens with zero attached hydrogens (tertiary/aromatic N) is 2. The van der Waals surface area contributed by atoms with Crippen molar-refractivity contribution in [3.8, 4) is 5.75 Å². The summed E-state index contributed by atoms with van der Waals surface area (Å²) in [5.74, 6) is 0.617. The minimum Gasteiger partial charge on any atom is -0.493 e. The van der Waals surface area contributed by atoms with Crippen LogP contribution >= 0.6 is 34.8 Å². The van der Waals surface area contributed by atoms with Gasteiger partial charge in [0.15, 0.2) is 5.11 Å². The fourth-order valence-corrected chi connectivity index (χ4v) is 3.43. The Morgan fingerprint density at radius 3 is 2.60 bits per heavy atom. The summed E-state index contributed by atoms with van der Waals surface area (Å²) in [5, 5.41) is 0.464. The lowest BCUT2D eigenvalue weighted by atomic mass is 10.1. The lowest BCUT2D eigenvalue weighted by Crippen LogP contribution is -2.29. The van der Waals surface area contributed by atoms with E-state index in [-0.39, 0.29) is 5.91 Å². The van der Waals surface area contributed by atoms with Crippen LogP contribution in [-0.4, -0.2) is 29.6 Å². The average molecular weight is 464 g/mol. The molecule has 0 radical (unpaired) electrons. The van der Waals surface area contributed by atoms with Crippen LogP contribution < -0.4 is 9.64 Å². The molecule has 1 aliphatic heterocycles. The van der Waals surface area contributed by atoms with Gasteiger partial charge in [0.2, 0.25) is 0 Å². The Kier molecular flexibility index (Phi) is 5.39. The highest BCUT2D eigenvalue weighted by molar-refractivity contribution is 14.1. The smallest absolute Gasteiger partial charge is 0.276 e. The van der Waals surface area contributed by atoms with Crippen molar-refractivity contribution in [2.45, 2.75) is 6.92 Å². The summed E-state index contributed by atoms with van der Waals surface area (Å²) in [6.45, 7) is 2.50. The normalized spacial score (nSPS) is 16.0. The largest absolute Gasteiger partial charge is 0.493 e. The number of anilines is 1. The second-order valence-corrected chi connectivity index (χ2v) is 7.07. The zero-order chi connectivity index (χ0) is 18.0. The maximum Gasteiger partial charge on any atom is 0.276 e. The van der Waals surface area contributed by atoms with E-state index in [2.05, 4.69) is 22.6 Å². The van der Waals surface area contributed by atoms with Gasteiger partial charge in [0.1, 0.15) is 11.4 Å². The predicted octanol–water partition coefficient (Wildman–Crippen LogP) is 4.29. The number of para-hydroxylation sites is 1. The van der Waals surface area contributed by atoms with E-state index in [4.69, 9.17) is 17.0 Å². The zero-order valence-electron chi connectivity index (χ0n) is 13.9. The number of hydrogen-bond donors (Lipinski definition) is 0. The summed E-state index contributed by atoms with van der Waals surface area (Å²) in [5.41, 5.74) is 2.23. The summed E-state index contributed by atoms with van der Waals surface area (Å²) in [7, 11) is 1.69. The van der Waals surface area contributed by atoms with Crippen LogP contribution in [0.5, 0.6) is 5.75 Å². The third-order valence-corrected chi connectivity index (χ3v) is 4.95. The molecule has 1 heterocycles. The van der Waals surface area contributed by atoms with E-state index >= 15 is 0 Å². The number of rotatable bonds is 4. The SMILES string of the molecule is CCOc1ccc(I)cc1/C=C1\C(=O)N(C)C(=S)N1c1ccccc1. The van der Waals surface area contributed by atoms with Gasteiger partial charge in [-0.2, -0.15) is 0 Å². The molecular weight excluding hydrogens is 447 g/mol. The lowest BCUT2D eigenvalue weighted by Gasteiger charge is -2.19. The van der Waals surface area contributed by atoms with Crippen LogP contribution in [0, 0.1) is 3.57 Å². The standard InChI is InChI=1S/C19H17IN2O2S/c1-3-24-17-10-9-14(20)11-13(17)12-16-18(23)21(2)19(25)22(16)15-7-5-4-6-8-15/h4-12H,3H2,1-2H3/b16-12+. The van der Waals surface area contributed by atoms with Gasteiger partial charge in [0.05, 0.1) is 6.61 Å². The van der Waals surface area contributed by atoms with E-state index in [1.807, 2.05) is 61.5 Å². The van der Waals surface area contributed by atoms with E-state index in [1.54, 1.807) is 11.9 Å². The Balaban J connectivity index is 2.13. The first-order chi connectivity index (χ1) is 12.0. The molecule has 2 aromatic carbocycles. The third kappa shape index (κ3) is 3.55. The third-order valence-electron chi connectivity index (χ3n) is 3.82. The number of thiocarbonyl (C=S) groups is 1. The van der Waals surface area contributed by atoms with Crippen molar-refractivity contribution in [1.29, 1.82) is 0 Å². The molecule has 0 aromatic heterocycles. The van der Waals surface area contributed by atoms with Gasteiger partial charge in [-0.15, -0.1) is 0 Å². The molecule has 1 amide bonds. The Hall–Kier alpha value is -1.93. The van der Waals surface area contributed by atoms with Gasteiger partial charge in [-0.25, -0.2) is 0 Å². The predicted molar refractivity (Wildman–Crippen MR) is 113 cm³/mol. The van der Waals surface area contributed by atoms with Crippen molar-refractivity contribution in [2.75, 3.05) is 18.6 Å². The molecule has 128 valence electrons. The average Bonchev–Trinajstić information content (AvgIpc) is 2.82. The fraction of sp³-hybridized carbons (Fsp3) is 0.158. The molecule has 0 spiro atoms.